The first-order valence-corrected chi connectivity index (χ1v) is 9.33. The van der Waals surface area contributed by atoms with Crippen LogP contribution in [0.5, 0.6) is 0 Å². The Morgan fingerprint density at radius 2 is 2.12 bits per heavy atom. The first kappa shape index (κ1) is 15.5. The van der Waals surface area contributed by atoms with E-state index in [9.17, 15) is 0 Å². The van der Waals surface area contributed by atoms with Gasteiger partial charge in [0.15, 0.2) is 0 Å². The highest BCUT2D eigenvalue weighted by Gasteiger charge is 2.23. The molecule has 0 bridgehead atoms. The maximum atomic E-state index is 5.84. The van der Waals surface area contributed by atoms with Crippen LogP contribution in [0.25, 0.3) is 20.7 Å². The average Bonchev–Trinajstić information content (AvgIpc) is 3.07. The SMILES string of the molecule is CCOC1CCCN(c2ncnc3sc(-c4ccccc4)cc23)C1. The monoisotopic (exact) mass is 339 g/mol. The molecule has 1 unspecified atom stereocenters. The second-order valence-electron chi connectivity index (χ2n) is 6.06. The molecule has 0 spiro atoms. The lowest BCUT2D eigenvalue weighted by atomic mass is 10.1. The van der Waals surface area contributed by atoms with Gasteiger partial charge in [0, 0.05) is 24.6 Å². The van der Waals surface area contributed by atoms with E-state index in [-0.39, 0.29) is 0 Å². The molecular weight excluding hydrogens is 318 g/mol. The van der Waals surface area contributed by atoms with Gasteiger partial charge in [-0.15, -0.1) is 11.3 Å². The molecule has 3 aromatic rings. The summed E-state index contributed by atoms with van der Waals surface area (Å²) in [7, 11) is 0. The quantitative estimate of drug-likeness (QED) is 0.708. The number of benzene rings is 1. The summed E-state index contributed by atoms with van der Waals surface area (Å²) in [6.45, 7) is 4.78. The molecule has 4 nitrogen and oxygen atoms in total. The van der Waals surface area contributed by atoms with Crippen LogP contribution in [0.3, 0.4) is 0 Å². The Hall–Kier alpha value is -1.98. The summed E-state index contributed by atoms with van der Waals surface area (Å²) in [6.07, 6.45) is 4.28. The molecule has 0 saturated carbocycles. The van der Waals surface area contributed by atoms with Crippen molar-refractivity contribution in [3.8, 4) is 10.4 Å². The van der Waals surface area contributed by atoms with Crippen molar-refractivity contribution < 1.29 is 4.74 Å². The van der Waals surface area contributed by atoms with Gasteiger partial charge in [-0.25, -0.2) is 9.97 Å². The van der Waals surface area contributed by atoms with Crippen molar-refractivity contribution in [3.63, 3.8) is 0 Å². The molecule has 124 valence electrons. The van der Waals surface area contributed by atoms with Gasteiger partial charge in [0.1, 0.15) is 17.0 Å². The Morgan fingerprint density at radius 3 is 2.96 bits per heavy atom. The van der Waals surface area contributed by atoms with Gasteiger partial charge in [0.2, 0.25) is 0 Å². The molecule has 0 aliphatic carbocycles. The summed E-state index contributed by atoms with van der Waals surface area (Å²) < 4.78 is 5.84. The number of hydrogen-bond donors (Lipinski definition) is 0. The second kappa shape index (κ2) is 6.87. The van der Waals surface area contributed by atoms with Crippen molar-refractivity contribution in [2.75, 3.05) is 24.6 Å². The second-order valence-corrected chi connectivity index (χ2v) is 7.09. The molecule has 5 heteroatoms. The topological polar surface area (TPSA) is 38.2 Å². The molecule has 0 N–H and O–H groups in total. The Bertz CT molecular complexity index is 816. The number of anilines is 1. The van der Waals surface area contributed by atoms with Crippen molar-refractivity contribution in [1.29, 1.82) is 0 Å². The van der Waals surface area contributed by atoms with E-state index in [0.29, 0.717) is 6.10 Å². The van der Waals surface area contributed by atoms with Gasteiger partial charge in [-0.1, -0.05) is 30.3 Å². The number of fused-ring (bicyclic) bond motifs is 1. The first-order chi connectivity index (χ1) is 11.8. The van der Waals surface area contributed by atoms with Gasteiger partial charge < -0.3 is 9.64 Å². The summed E-state index contributed by atoms with van der Waals surface area (Å²) in [5.41, 5.74) is 1.23. The molecule has 0 radical (unpaired) electrons. The van der Waals surface area contributed by atoms with Crippen LogP contribution in [0.4, 0.5) is 5.82 Å². The van der Waals surface area contributed by atoms with Crippen LogP contribution in [0, 0.1) is 0 Å². The normalized spacial score (nSPS) is 18.2. The predicted octanol–water partition coefficient (Wildman–Crippen LogP) is 4.36. The van der Waals surface area contributed by atoms with Gasteiger partial charge in [0.25, 0.3) is 0 Å². The molecule has 1 aliphatic heterocycles. The van der Waals surface area contributed by atoms with E-state index >= 15 is 0 Å². The van der Waals surface area contributed by atoms with E-state index in [1.54, 1.807) is 17.7 Å². The van der Waals surface area contributed by atoms with Crippen molar-refractivity contribution >= 4 is 27.4 Å². The Kier molecular flexibility index (Phi) is 4.45. The Balaban J connectivity index is 1.70. The molecule has 0 amide bonds. The molecule has 1 aromatic carbocycles. The third kappa shape index (κ3) is 3.01. The lowest BCUT2D eigenvalue weighted by Gasteiger charge is -2.33. The molecule has 1 aliphatic rings. The highest BCUT2D eigenvalue weighted by molar-refractivity contribution is 7.21. The van der Waals surface area contributed by atoms with E-state index < -0.39 is 0 Å². The van der Waals surface area contributed by atoms with E-state index in [4.69, 9.17) is 4.74 Å². The smallest absolute Gasteiger partial charge is 0.140 e. The minimum Gasteiger partial charge on any atom is -0.377 e. The molecule has 1 atom stereocenters. The fraction of sp³-hybridized carbons (Fsp3) is 0.368. The number of ether oxygens (including phenoxy) is 1. The highest BCUT2D eigenvalue weighted by atomic mass is 32.1. The van der Waals surface area contributed by atoms with Crippen LogP contribution in [0.2, 0.25) is 0 Å². The fourth-order valence-corrected chi connectivity index (χ4v) is 4.34. The maximum absolute atomic E-state index is 5.84. The molecular formula is C19H21N3OS. The standard InChI is InChI=1S/C19H21N3OS/c1-2-23-15-9-6-10-22(12-15)18-16-11-17(14-7-4-3-5-8-14)24-19(16)21-13-20-18/h3-5,7-8,11,13,15H,2,6,9-10,12H2,1H3. The molecule has 4 rings (SSSR count). The minimum absolute atomic E-state index is 0.306. The lowest BCUT2D eigenvalue weighted by Crippen LogP contribution is -2.40. The number of hydrogen-bond acceptors (Lipinski definition) is 5. The molecule has 2 aromatic heterocycles. The first-order valence-electron chi connectivity index (χ1n) is 8.51. The zero-order chi connectivity index (χ0) is 16.4. The van der Waals surface area contributed by atoms with E-state index in [1.807, 2.05) is 6.07 Å². The van der Waals surface area contributed by atoms with Crippen LogP contribution in [0.15, 0.2) is 42.7 Å². The number of piperidine rings is 1. The number of aromatic nitrogens is 2. The van der Waals surface area contributed by atoms with Gasteiger partial charge in [-0.2, -0.15) is 0 Å². The summed E-state index contributed by atoms with van der Waals surface area (Å²) >= 11 is 1.73. The zero-order valence-electron chi connectivity index (χ0n) is 13.8. The third-order valence-electron chi connectivity index (χ3n) is 4.45. The fourth-order valence-electron chi connectivity index (χ4n) is 3.34. The van der Waals surface area contributed by atoms with E-state index in [2.05, 4.69) is 52.1 Å². The van der Waals surface area contributed by atoms with Crippen molar-refractivity contribution in [1.82, 2.24) is 9.97 Å². The number of thiophene rings is 1. The Labute approximate surface area is 146 Å². The van der Waals surface area contributed by atoms with Crippen molar-refractivity contribution in [2.45, 2.75) is 25.9 Å². The maximum Gasteiger partial charge on any atom is 0.140 e. The molecule has 1 saturated heterocycles. The van der Waals surface area contributed by atoms with Crippen LogP contribution in [-0.2, 0) is 4.74 Å². The molecule has 3 heterocycles. The molecule has 1 fully saturated rings. The lowest BCUT2D eigenvalue weighted by molar-refractivity contribution is 0.0526. The summed E-state index contributed by atoms with van der Waals surface area (Å²) in [6, 6.07) is 12.7. The molecule has 24 heavy (non-hydrogen) atoms. The van der Waals surface area contributed by atoms with Crippen LogP contribution >= 0.6 is 11.3 Å². The highest BCUT2D eigenvalue weighted by Crippen LogP contribution is 2.36. The van der Waals surface area contributed by atoms with Crippen molar-refractivity contribution in [2.24, 2.45) is 0 Å². The van der Waals surface area contributed by atoms with Gasteiger partial charge in [0.05, 0.1) is 11.5 Å². The van der Waals surface area contributed by atoms with Crippen molar-refractivity contribution in [3.05, 3.63) is 42.7 Å². The largest absolute Gasteiger partial charge is 0.377 e. The van der Waals surface area contributed by atoms with Crippen LogP contribution < -0.4 is 4.90 Å². The van der Waals surface area contributed by atoms with Gasteiger partial charge in [-0.3, -0.25) is 0 Å². The third-order valence-corrected chi connectivity index (χ3v) is 5.54. The number of nitrogens with zero attached hydrogens (tertiary/aromatic N) is 3. The summed E-state index contributed by atoms with van der Waals surface area (Å²) in [5.74, 6) is 1.04. The van der Waals surface area contributed by atoms with Crippen LogP contribution in [0.1, 0.15) is 19.8 Å². The minimum atomic E-state index is 0.306. The van der Waals surface area contributed by atoms with Gasteiger partial charge >= 0.3 is 0 Å². The summed E-state index contributed by atoms with van der Waals surface area (Å²) in [4.78, 5) is 13.7. The average molecular weight is 339 g/mol. The van der Waals surface area contributed by atoms with E-state index in [1.165, 1.54) is 10.4 Å². The van der Waals surface area contributed by atoms with E-state index in [0.717, 1.165) is 48.6 Å². The zero-order valence-corrected chi connectivity index (χ0v) is 14.6. The number of rotatable bonds is 4. The predicted molar refractivity (Wildman–Crippen MR) is 99.7 cm³/mol. The van der Waals surface area contributed by atoms with Gasteiger partial charge in [-0.05, 0) is 31.4 Å². The van der Waals surface area contributed by atoms with Crippen LogP contribution in [-0.4, -0.2) is 35.8 Å². The Morgan fingerprint density at radius 1 is 1.25 bits per heavy atom. The summed E-state index contributed by atoms with van der Waals surface area (Å²) in [5, 5.41) is 1.15.